The SMILES string of the molecule is Oc1cccc2ccc(-c3cnco3)nc12. The van der Waals surface area contributed by atoms with Crippen LogP contribution in [0.4, 0.5) is 0 Å². The zero-order valence-electron chi connectivity index (χ0n) is 8.29. The zero-order chi connectivity index (χ0) is 11.0. The number of benzene rings is 1. The Morgan fingerprint density at radius 1 is 1.12 bits per heavy atom. The number of aromatic nitrogens is 2. The van der Waals surface area contributed by atoms with Crippen LogP contribution in [0.15, 0.2) is 47.3 Å². The molecule has 0 bridgehead atoms. The lowest BCUT2D eigenvalue weighted by molar-refractivity contribution is 0.480. The highest BCUT2D eigenvalue weighted by Gasteiger charge is 2.06. The number of aromatic hydroxyl groups is 1. The highest BCUT2D eigenvalue weighted by Crippen LogP contribution is 2.25. The maximum absolute atomic E-state index is 9.68. The number of fused-ring (bicyclic) bond motifs is 1. The number of oxazole rings is 1. The molecule has 0 aliphatic carbocycles. The molecule has 0 radical (unpaired) electrons. The molecular formula is C12H8N2O2. The van der Waals surface area contributed by atoms with Crippen molar-refractivity contribution in [1.29, 1.82) is 0 Å². The maximum Gasteiger partial charge on any atom is 0.181 e. The van der Waals surface area contributed by atoms with E-state index in [1.165, 1.54) is 6.39 Å². The minimum atomic E-state index is 0.166. The standard InChI is InChI=1S/C12H8N2O2/c15-10-3-1-2-8-4-5-9(14-12(8)10)11-6-13-7-16-11/h1-7,15H. The van der Waals surface area contributed by atoms with E-state index < -0.39 is 0 Å². The molecule has 0 atom stereocenters. The van der Waals surface area contributed by atoms with Crippen molar-refractivity contribution in [1.82, 2.24) is 9.97 Å². The monoisotopic (exact) mass is 212 g/mol. The summed E-state index contributed by atoms with van der Waals surface area (Å²) in [6, 6.07) is 9.02. The number of para-hydroxylation sites is 1. The first kappa shape index (κ1) is 8.91. The molecule has 16 heavy (non-hydrogen) atoms. The molecule has 1 N–H and O–H groups in total. The predicted molar refractivity (Wildman–Crippen MR) is 58.9 cm³/mol. The number of rotatable bonds is 1. The van der Waals surface area contributed by atoms with Gasteiger partial charge in [0.05, 0.1) is 6.20 Å². The summed E-state index contributed by atoms with van der Waals surface area (Å²) < 4.78 is 5.15. The Morgan fingerprint density at radius 2 is 2.06 bits per heavy atom. The van der Waals surface area contributed by atoms with Crippen LogP contribution in [0.2, 0.25) is 0 Å². The topological polar surface area (TPSA) is 59.2 Å². The van der Waals surface area contributed by atoms with E-state index in [1.54, 1.807) is 18.3 Å². The second-order valence-electron chi connectivity index (χ2n) is 3.41. The molecule has 2 aromatic heterocycles. The Balaban J connectivity index is 2.27. The van der Waals surface area contributed by atoms with Crippen molar-refractivity contribution < 1.29 is 9.52 Å². The fourth-order valence-corrected chi connectivity index (χ4v) is 1.61. The Bertz CT molecular complexity index is 633. The fourth-order valence-electron chi connectivity index (χ4n) is 1.61. The molecule has 0 aliphatic rings. The number of hydrogen-bond acceptors (Lipinski definition) is 4. The van der Waals surface area contributed by atoms with Crippen molar-refractivity contribution in [3.8, 4) is 17.2 Å². The van der Waals surface area contributed by atoms with Gasteiger partial charge in [-0.1, -0.05) is 18.2 Å². The number of nitrogens with zero attached hydrogens (tertiary/aromatic N) is 2. The van der Waals surface area contributed by atoms with Gasteiger partial charge in [-0.2, -0.15) is 0 Å². The van der Waals surface area contributed by atoms with Gasteiger partial charge in [0.25, 0.3) is 0 Å². The Labute approximate surface area is 91.2 Å². The Hall–Kier alpha value is -2.36. The third-order valence-electron chi connectivity index (χ3n) is 2.38. The second-order valence-corrected chi connectivity index (χ2v) is 3.41. The van der Waals surface area contributed by atoms with Crippen LogP contribution >= 0.6 is 0 Å². The van der Waals surface area contributed by atoms with Gasteiger partial charge < -0.3 is 9.52 Å². The van der Waals surface area contributed by atoms with Crippen molar-refractivity contribution in [3.05, 3.63) is 42.9 Å². The van der Waals surface area contributed by atoms with Gasteiger partial charge >= 0.3 is 0 Å². The molecule has 0 amide bonds. The van der Waals surface area contributed by atoms with E-state index in [0.29, 0.717) is 17.0 Å². The van der Waals surface area contributed by atoms with Gasteiger partial charge in [-0.15, -0.1) is 0 Å². The average molecular weight is 212 g/mol. The van der Waals surface area contributed by atoms with Crippen molar-refractivity contribution in [2.75, 3.05) is 0 Å². The lowest BCUT2D eigenvalue weighted by Gasteiger charge is -2.01. The van der Waals surface area contributed by atoms with Crippen LogP contribution in [0.1, 0.15) is 0 Å². The predicted octanol–water partition coefficient (Wildman–Crippen LogP) is 2.60. The van der Waals surface area contributed by atoms with Gasteiger partial charge in [0.15, 0.2) is 12.2 Å². The average Bonchev–Trinajstić information content (AvgIpc) is 2.83. The summed E-state index contributed by atoms with van der Waals surface area (Å²) in [6.45, 7) is 0. The molecular weight excluding hydrogens is 204 g/mol. The third-order valence-corrected chi connectivity index (χ3v) is 2.38. The molecule has 0 fully saturated rings. The first-order valence-corrected chi connectivity index (χ1v) is 4.82. The Kier molecular flexibility index (Phi) is 1.86. The molecule has 3 aromatic rings. The number of phenolic OH excluding ortho intramolecular Hbond substituents is 1. The molecule has 78 valence electrons. The normalized spacial score (nSPS) is 10.8. The summed E-state index contributed by atoms with van der Waals surface area (Å²) in [4.78, 5) is 8.17. The lowest BCUT2D eigenvalue weighted by atomic mass is 10.2. The van der Waals surface area contributed by atoms with Gasteiger partial charge in [-0.25, -0.2) is 9.97 Å². The molecule has 0 spiro atoms. The van der Waals surface area contributed by atoms with E-state index in [9.17, 15) is 5.11 Å². The summed E-state index contributed by atoms with van der Waals surface area (Å²) in [6.07, 6.45) is 2.94. The molecule has 0 saturated carbocycles. The highest BCUT2D eigenvalue weighted by molar-refractivity contribution is 5.85. The minimum absolute atomic E-state index is 0.166. The molecule has 3 rings (SSSR count). The number of phenols is 1. The van der Waals surface area contributed by atoms with Gasteiger partial charge in [0.1, 0.15) is 17.0 Å². The van der Waals surface area contributed by atoms with E-state index in [-0.39, 0.29) is 5.75 Å². The van der Waals surface area contributed by atoms with Crippen LogP contribution in [0.25, 0.3) is 22.4 Å². The van der Waals surface area contributed by atoms with E-state index in [0.717, 1.165) is 5.39 Å². The molecule has 0 unspecified atom stereocenters. The van der Waals surface area contributed by atoms with E-state index in [2.05, 4.69) is 9.97 Å². The largest absolute Gasteiger partial charge is 0.506 e. The van der Waals surface area contributed by atoms with E-state index >= 15 is 0 Å². The van der Waals surface area contributed by atoms with Crippen molar-refractivity contribution in [2.45, 2.75) is 0 Å². The minimum Gasteiger partial charge on any atom is -0.506 e. The van der Waals surface area contributed by atoms with Crippen LogP contribution in [-0.2, 0) is 0 Å². The summed E-state index contributed by atoms with van der Waals surface area (Å²) in [5.74, 6) is 0.754. The highest BCUT2D eigenvalue weighted by atomic mass is 16.3. The van der Waals surface area contributed by atoms with Crippen molar-refractivity contribution >= 4 is 10.9 Å². The molecule has 4 nitrogen and oxygen atoms in total. The summed E-state index contributed by atoms with van der Waals surface area (Å²) >= 11 is 0. The van der Waals surface area contributed by atoms with Crippen molar-refractivity contribution in [2.24, 2.45) is 0 Å². The zero-order valence-corrected chi connectivity index (χ0v) is 8.29. The molecule has 0 saturated heterocycles. The first-order chi connectivity index (χ1) is 7.84. The van der Waals surface area contributed by atoms with E-state index in [4.69, 9.17) is 4.42 Å². The van der Waals surface area contributed by atoms with Crippen LogP contribution in [0.5, 0.6) is 5.75 Å². The smallest absolute Gasteiger partial charge is 0.181 e. The van der Waals surface area contributed by atoms with Crippen molar-refractivity contribution in [3.63, 3.8) is 0 Å². The first-order valence-electron chi connectivity index (χ1n) is 4.82. The number of pyridine rings is 1. The summed E-state index contributed by atoms with van der Waals surface area (Å²) in [5.41, 5.74) is 1.22. The number of hydrogen-bond donors (Lipinski definition) is 1. The van der Waals surface area contributed by atoms with Gasteiger partial charge in [0, 0.05) is 5.39 Å². The quantitative estimate of drug-likeness (QED) is 0.673. The molecule has 4 heteroatoms. The summed E-state index contributed by atoms with van der Waals surface area (Å²) in [5, 5.41) is 10.6. The third kappa shape index (κ3) is 1.32. The van der Waals surface area contributed by atoms with Gasteiger partial charge in [0.2, 0.25) is 0 Å². The molecule has 2 heterocycles. The molecule has 0 aliphatic heterocycles. The van der Waals surface area contributed by atoms with Crippen LogP contribution in [0.3, 0.4) is 0 Å². The maximum atomic E-state index is 9.68. The second kappa shape index (κ2) is 3.34. The van der Waals surface area contributed by atoms with Crippen LogP contribution in [-0.4, -0.2) is 15.1 Å². The lowest BCUT2D eigenvalue weighted by Crippen LogP contribution is -1.84. The van der Waals surface area contributed by atoms with Gasteiger partial charge in [-0.05, 0) is 12.1 Å². The van der Waals surface area contributed by atoms with Crippen LogP contribution < -0.4 is 0 Å². The molecule has 1 aromatic carbocycles. The summed E-state index contributed by atoms with van der Waals surface area (Å²) in [7, 11) is 0. The van der Waals surface area contributed by atoms with Crippen LogP contribution in [0, 0.1) is 0 Å². The van der Waals surface area contributed by atoms with E-state index in [1.807, 2.05) is 18.2 Å². The fraction of sp³-hybridized carbons (Fsp3) is 0. The van der Waals surface area contributed by atoms with Gasteiger partial charge in [-0.3, -0.25) is 0 Å². The Morgan fingerprint density at radius 3 is 2.88 bits per heavy atom.